The quantitative estimate of drug-likeness (QED) is 0.663. The van der Waals surface area contributed by atoms with E-state index < -0.39 is 11.5 Å². The van der Waals surface area contributed by atoms with Crippen LogP contribution in [0.15, 0.2) is 23.0 Å². The summed E-state index contributed by atoms with van der Waals surface area (Å²) in [4.78, 5) is 23.6. The molecule has 0 aliphatic heterocycles. The Kier molecular flexibility index (Phi) is 4.16. The molecule has 0 spiro atoms. The number of nitrogens with two attached hydrogens (primary N) is 1. The van der Waals surface area contributed by atoms with Gasteiger partial charge in [-0.05, 0) is 24.6 Å². The molecule has 6 heteroatoms. The Morgan fingerprint density at radius 3 is 2.76 bits per heavy atom. The van der Waals surface area contributed by atoms with Crippen LogP contribution < -0.4 is 16.0 Å². The van der Waals surface area contributed by atoms with Crippen LogP contribution >= 0.6 is 0 Å². The highest BCUT2D eigenvalue weighted by Gasteiger charge is 2.19. The van der Waals surface area contributed by atoms with Crippen molar-refractivity contribution in [3.05, 3.63) is 28.6 Å². The minimum absolute atomic E-state index is 0.335. The number of pyridine rings is 1. The van der Waals surface area contributed by atoms with Crippen molar-refractivity contribution in [2.75, 3.05) is 5.73 Å². The first-order valence-electron chi connectivity index (χ1n) is 6.79. The summed E-state index contributed by atoms with van der Waals surface area (Å²) in [6.07, 6.45) is 1.69. The molecule has 1 aromatic heterocycles. The zero-order valence-electron chi connectivity index (χ0n) is 12.0. The third kappa shape index (κ3) is 2.84. The fourth-order valence-corrected chi connectivity index (χ4v) is 2.20. The zero-order valence-corrected chi connectivity index (χ0v) is 12.0. The molecule has 0 amide bonds. The molecule has 0 saturated carbocycles. The lowest BCUT2D eigenvalue weighted by atomic mass is 10.1. The van der Waals surface area contributed by atoms with Gasteiger partial charge >= 0.3 is 5.97 Å². The number of aryl methyl sites for hydroxylation is 1. The minimum Gasteiger partial charge on any atom is -0.504 e. The fourth-order valence-electron chi connectivity index (χ4n) is 2.20. The highest BCUT2D eigenvalue weighted by atomic mass is 16.5. The lowest BCUT2D eigenvalue weighted by Crippen LogP contribution is -2.24. The number of anilines is 1. The van der Waals surface area contributed by atoms with Crippen molar-refractivity contribution in [2.45, 2.75) is 33.2 Å². The molecule has 1 aromatic carbocycles. The fraction of sp³-hybridized carbons (Fsp3) is 0.333. The predicted octanol–water partition coefficient (Wildman–Crippen LogP) is 2.01. The van der Waals surface area contributed by atoms with E-state index in [9.17, 15) is 14.7 Å². The molecule has 0 radical (unpaired) electrons. The average Bonchev–Trinajstić information content (AvgIpc) is 2.43. The molecule has 0 fully saturated rings. The molecule has 0 aliphatic rings. The van der Waals surface area contributed by atoms with E-state index in [0.717, 1.165) is 12.8 Å². The number of fused-ring (bicyclic) bond motifs is 1. The van der Waals surface area contributed by atoms with E-state index in [1.165, 1.54) is 11.5 Å². The van der Waals surface area contributed by atoms with Gasteiger partial charge in [-0.15, -0.1) is 0 Å². The van der Waals surface area contributed by atoms with E-state index in [0.29, 0.717) is 23.1 Å². The van der Waals surface area contributed by atoms with Crippen LogP contribution in [0.3, 0.4) is 0 Å². The maximum absolute atomic E-state index is 12.4. The molecular weight excluding hydrogens is 272 g/mol. The summed E-state index contributed by atoms with van der Waals surface area (Å²) in [6.45, 7) is 3.65. The number of hydrogen-bond donors (Lipinski definition) is 2. The number of nitrogen functional groups attached to an aromatic ring is 1. The number of aromatic nitrogens is 1. The lowest BCUT2D eigenvalue weighted by Gasteiger charge is -2.14. The van der Waals surface area contributed by atoms with Gasteiger partial charge in [0.25, 0.3) is 5.56 Å². The molecule has 2 aromatic rings. The number of benzene rings is 1. The highest BCUT2D eigenvalue weighted by Crippen LogP contribution is 2.32. The van der Waals surface area contributed by atoms with Crippen molar-refractivity contribution in [1.82, 2.24) is 4.57 Å². The third-order valence-electron chi connectivity index (χ3n) is 3.20. The molecule has 0 unspecified atom stereocenters. The van der Waals surface area contributed by atoms with Crippen molar-refractivity contribution < 1.29 is 14.6 Å². The number of nitrogens with zero attached hydrogens (tertiary/aromatic N) is 1. The summed E-state index contributed by atoms with van der Waals surface area (Å²) >= 11 is 0. The van der Waals surface area contributed by atoms with Crippen molar-refractivity contribution in [3.63, 3.8) is 0 Å². The van der Waals surface area contributed by atoms with Gasteiger partial charge in [0, 0.05) is 24.5 Å². The maximum atomic E-state index is 12.4. The van der Waals surface area contributed by atoms with Crippen LogP contribution in [0.1, 0.15) is 26.7 Å². The summed E-state index contributed by atoms with van der Waals surface area (Å²) in [5.41, 5.74) is 6.25. The Labute approximate surface area is 121 Å². The van der Waals surface area contributed by atoms with Crippen molar-refractivity contribution in [1.29, 1.82) is 0 Å². The van der Waals surface area contributed by atoms with Crippen molar-refractivity contribution in [2.24, 2.45) is 0 Å². The van der Waals surface area contributed by atoms with Crippen LogP contribution in [-0.4, -0.2) is 15.6 Å². The summed E-state index contributed by atoms with van der Waals surface area (Å²) in [5.74, 6) is -1.33. The van der Waals surface area contributed by atoms with Gasteiger partial charge in [0.15, 0.2) is 5.75 Å². The largest absolute Gasteiger partial charge is 0.504 e. The summed E-state index contributed by atoms with van der Waals surface area (Å²) < 4.78 is 6.36. The van der Waals surface area contributed by atoms with Crippen LogP contribution in [0.5, 0.6) is 11.5 Å². The number of aromatic hydroxyl groups is 1. The predicted molar refractivity (Wildman–Crippen MR) is 80.5 cm³/mol. The van der Waals surface area contributed by atoms with Crippen LogP contribution in [0.4, 0.5) is 5.69 Å². The van der Waals surface area contributed by atoms with Gasteiger partial charge in [0.2, 0.25) is 5.75 Å². The molecule has 2 rings (SSSR count). The Morgan fingerprint density at radius 2 is 2.14 bits per heavy atom. The third-order valence-corrected chi connectivity index (χ3v) is 3.20. The normalized spacial score (nSPS) is 10.8. The first-order valence-corrected chi connectivity index (χ1v) is 6.79. The van der Waals surface area contributed by atoms with E-state index in [4.69, 9.17) is 10.5 Å². The highest BCUT2D eigenvalue weighted by molar-refractivity contribution is 5.90. The first-order chi connectivity index (χ1) is 9.95. The van der Waals surface area contributed by atoms with Gasteiger partial charge in [-0.3, -0.25) is 9.59 Å². The number of carbonyl (C=O) groups is 1. The number of carbonyl (C=O) groups excluding carboxylic acids is 1. The first kappa shape index (κ1) is 14.9. The van der Waals surface area contributed by atoms with Crippen LogP contribution in [-0.2, 0) is 11.3 Å². The number of rotatable bonds is 4. The number of unbranched alkanes of at least 4 members (excludes halogenated alkanes) is 1. The van der Waals surface area contributed by atoms with Gasteiger partial charge < -0.3 is 20.1 Å². The number of hydrogen-bond acceptors (Lipinski definition) is 5. The van der Waals surface area contributed by atoms with Gasteiger partial charge in [-0.1, -0.05) is 13.3 Å². The van der Waals surface area contributed by atoms with Crippen molar-refractivity contribution >= 4 is 22.6 Å². The number of ether oxygens (including phenoxy) is 1. The van der Waals surface area contributed by atoms with Gasteiger partial charge in [-0.25, -0.2) is 0 Å². The van der Waals surface area contributed by atoms with E-state index in [2.05, 4.69) is 0 Å². The lowest BCUT2D eigenvalue weighted by molar-refractivity contribution is -0.132. The molecule has 6 nitrogen and oxygen atoms in total. The number of esters is 1. The molecule has 0 bridgehead atoms. The topological polar surface area (TPSA) is 94.5 Å². The summed E-state index contributed by atoms with van der Waals surface area (Å²) in [5, 5.41) is 10.6. The summed E-state index contributed by atoms with van der Waals surface area (Å²) in [6, 6.07) is 4.85. The monoisotopic (exact) mass is 290 g/mol. The van der Waals surface area contributed by atoms with Crippen LogP contribution in [0.25, 0.3) is 10.9 Å². The average molecular weight is 290 g/mol. The molecule has 21 heavy (non-hydrogen) atoms. The Morgan fingerprint density at radius 1 is 1.43 bits per heavy atom. The van der Waals surface area contributed by atoms with Gasteiger partial charge in [-0.2, -0.15) is 0 Å². The second-order valence-corrected chi connectivity index (χ2v) is 4.86. The van der Waals surface area contributed by atoms with E-state index in [1.807, 2.05) is 6.92 Å². The molecule has 0 saturated heterocycles. The maximum Gasteiger partial charge on any atom is 0.308 e. The summed E-state index contributed by atoms with van der Waals surface area (Å²) in [7, 11) is 0. The molecule has 3 N–H and O–H groups in total. The second-order valence-electron chi connectivity index (χ2n) is 4.86. The van der Waals surface area contributed by atoms with E-state index in [1.54, 1.807) is 18.2 Å². The van der Waals surface area contributed by atoms with Crippen molar-refractivity contribution in [3.8, 4) is 11.5 Å². The Bertz CT molecular complexity index is 749. The SMILES string of the molecule is CCCCn1c(=O)c(OC(C)=O)c(O)c2ccc(N)cc21. The molecule has 0 aliphatic carbocycles. The minimum atomic E-state index is -0.653. The zero-order chi connectivity index (χ0) is 15.6. The van der Waals surface area contributed by atoms with Gasteiger partial charge in [0.05, 0.1) is 5.52 Å². The Hall–Kier alpha value is -2.50. The second kappa shape index (κ2) is 5.87. The van der Waals surface area contributed by atoms with E-state index in [-0.39, 0.29) is 11.5 Å². The van der Waals surface area contributed by atoms with Gasteiger partial charge in [0.1, 0.15) is 0 Å². The molecule has 1 heterocycles. The molecular formula is C15H18N2O4. The van der Waals surface area contributed by atoms with Crippen LogP contribution in [0.2, 0.25) is 0 Å². The molecule has 0 atom stereocenters. The smallest absolute Gasteiger partial charge is 0.308 e. The van der Waals surface area contributed by atoms with Crippen LogP contribution in [0, 0.1) is 0 Å². The standard InChI is InChI=1S/C15H18N2O4/c1-3-4-7-17-12-8-10(16)5-6-11(12)13(19)14(15(17)20)21-9(2)18/h5-6,8,19H,3-4,7,16H2,1-2H3. The van der Waals surface area contributed by atoms with E-state index >= 15 is 0 Å². The Balaban J connectivity index is 2.78. The molecule has 112 valence electrons.